The average Bonchev–Trinajstić information content (AvgIpc) is 3.32. The summed E-state index contributed by atoms with van der Waals surface area (Å²) in [7, 11) is 1.90. The van der Waals surface area contributed by atoms with Gasteiger partial charge in [0.15, 0.2) is 0 Å². The maximum absolute atomic E-state index is 13.9. The number of H-pyrrole nitrogens is 1. The third kappa shape index (κ3) is 3.45. The monoisotopic (exact) mass is 399 g/mol. The average molecular weight is 400 g/mol. The molecule has 3 heterocycles. The predicted molar refractivity (Wildman–Crippen MR) is 110 cm³/mol. The van der Waals surface area contributed by atoms with Crippen LogP contribution in [0.3, 0.4) is 0 Å². The topological polar surface area (TPSA) is 49.0 Å². The number of nitrogens with zero attached hydrogens (tertiary/aromatic N) is 2. The Morgan fingerprint density at radius 2 is 2.04 bits per heavy atom. The van der Waals surface area contributed by atoms with E-state index in [1.54, 1.807) is 23.5 Å². The lowest BCUT2D eigenvalue weighted by Gasteiger charge is -2.24. The highest BCUT2D eigenvalue weighted by Gasteiger charge is 2.19. The molecular formula is C20H18FN3OS2. The molecule has 1 N–H and O–H groups in total. The molecule has 0 saturated carbocycles. The molecule has 0 aliphatic rings. The maximum Gasteiger partial charge on any atom is 0.260 e. The second kappa shape index (κ2) is 7.34. The first-order valence-electron chi connectivity index (χ1n) is 8.53. The van der Waals surface area contributed by atoms with Gasteiger partial charge in [-0.15, -0.1) is 22.7 Å². The second-order valence-corrected chi connectivity index (χ2v) is 8.25. The molecule has 0 bridgehead atoms. The van der Waals surface area contributed by atoms with Crippen LogP contribution in [0.5, 0.6) is 0 Å². The molecule has 0 amide bonds. The number of hydrogen-bond donors (Lipinski definition) is 1. The van der Waals surface area contributed by atoms with Crippen LogP contribution in [0.25, 0.3) is 20.7 Å². The first kappa shape index (κ1) is 18.0. The highest BCUT2D eigenvalue weighted by Crippen LogP contribution is 2.34. The van der Waals surface area contributed by atoms with E-state index in [9.17, 15) is 9.18 Å². The van der Waals surface area contributed by atoms with Crippen LogP contribution in [0.4, 0.5) is 4.39 Å². The number of nitrogens with one attached hydrogen (secondary N) is 1. The van der Waals surface area contributed by atoms with Gasteiger partial charge in [0, 0.05) is 27.9 Å². The maximum atomic E-state index is 13.9. The van der Waals surface area contributed by atoms with Gasteiger partial charge in [-0.2, -0.15) is 0 Å². The Labute approximate surface area is 163 Å². The minimum atomic E-state index is -0.229. The van der Waals surface area contributed by atoms with E-state index in [1.165, 1.54) is 17.4 Å². The molecule has 4 nitrogen and oxygen atoms in total. The van der Waals surface area contributed by atoms with Crippen molar-refractivity contribution in [3.05, 3.63) is 74.7 Å². The molecule has 4 rings (SSSR count). The summed E-state index contributed by atoms with van der Waals surface area (Å²) >= 11 is 3.08. The van der Waals surface area contributed by atoms with Gasteiger partial charge >= 0.3 is 0 Å². The minimum Gasteiger partial charge on any atom is -0.309 e. The number of thiophene rings is 2. The quantitative estimate of drug-likeness (QED) is 0.511. The van der Waals surface area contributed by atoms with Crippen LogP contribution >= 0.6 is 22.7 Å². The fourth-order valence-corrected chi connectivity index (χ4v) is 4.79. The Kier molecular flexibility index (Phi) is 4.90. The van der Waals surface area contributed by atoms with Crippen molar-refractivity contribution in [2.24, 2.45) is 0 Å². The summed E-state index contributed by atoms with van der Waals surface area (Å²) in [4.78, 5) is 24.1. The Balaban J connectivity index is 1.66. The van der Waals surface area contributed by atoms with Crippen molar-refractivity contribution in [1.82, 2.24) is 14.9 Å². The molecule has 0 aliphatic heterocycles. The van der Waals surface area contributed by atoms with Crippen LogP contribution in [0.15, 0.2) is 52.0 Å². The summed E-state index contributed by atoms with van der Waals surface area (Å²) in [6.07, 6.45) is 0. The summed E-state index contributed by atoms with van der Waals surface area (Å²) in [5.74, 6) is 0.359. The zero-order valence-electron chi connectivity index (χ0n) is 14.9. The molecule has 0 aliphatic carbocycles. The highest BCUT2D eigenvalue weighted by atomic mass is 32.1. The van der Waals surface area contributed by atoms with Crippen molar-refractivity contribution in [3.63, 3.8) is 0 Å². The van der Waals surface area contributed by atoms with E-state index in [4.69, 9.17) is 0 Å². The van der Waals surface area contributed by atoms with Crippen LogP contribution in [-0.4, -0.2) is 21.9 Å². The van der Waals surface area contributed by atoms with Crippen molar-refractivity contribution >= 4 is 32.9 Å². The van der Waals surface area contributed by atoms with Crippen LogP contribution in [0.2, 0.25) is 0 Å². The van der Waals surface area contributed by atoms with Crippen LogP contribution in [0.1, 0.15) is 24.4 Å². The molecule has 1 aromatic carbocycles. The molecule has 138 valence electrons. The number of fused-ring (bicyclic) bond motifs is 1. The van der Waals surface area contributed by atoms with Gasteiger partial charge in [0.05, 0.1) is 11.4 Å². The Morgan fingerprint density at radius 1 is 1.22 bits per heavy atom. The van der Waals surface area contributed by atoms with Gasteiger partial charge in [-0.25, -0.2) is 9.37 Å². The number of aromatic amines is 1. The van der Waals surface area contributed by atoms with Crippen LogP contribution < -0.4 is 5.56 Å². The number of hydrogen-bond acceptors (Lipinski definition) is 5. The van der Waals surface area contributed by atoms with Gasteiger partial charge in [0.25, 0.3) is 5.56 Å². The van der Waals surface area contributed by atoms with E-state index in [2.05, 4.69) is 9.97 Å². The molecule has 0 saturated heterocycles. The van der Waals surface area contributed by atoms with Gasteiger partial charge in [0.1, 0.15) is 16.5 Å². The molecule has 4 aromatic rings. The van der Waals surface area contributed by atoms with Gasteiger partial charge in [-0.1, -0.05) is 24.3 Å². The summed E-state index contributed by atoms with van der Waals surface area (Å²) in [6, 6.07) is 10.5. The van der Waals surface area contributed by atoms with Gasteiger partial charge in [0.2, 0.25) is 0 Å². The molecule has 27 heavy (non-hydrogen) atoms. The lowest BCUT2D eigenvalue weighted by Crippen LogP contribution is -2.26. The van der Waals surface area contributed by atoms with E-state index >= 15 is 0 Å². The largest absolute Gasteiger partial charge is 0.309 e. The Hall–Kier alpha value is -2.35. The standard InChI is InChI=1S/C20H18FN3OS2/c1-12(24(2)10-13-6-3-4-7-15(13)21)18-22-19(25)17-14(11-27-20(17)23-18)16-8-5-9-26-16/h3-9,11-12H,10H2,1-2H3,(H,22,23,25)/t12-/m0/s1. The Bertz CT molecular complexity index is 1130. The predicted octanol–water partition coefficient (Wildman–Crippen LogP) is 5.05. The summed E-state index contributed by atoms with van der Waals surface area (Å²) in [6.45, 7) is 2.39. The zero-order valence-corrected chi connectivity index (χ0v) is 16.5. The summed E-state index contributed by atoms with van der Waals surface area (Å²) in [5.41, 5.74) is 1.41. The number of benzene rings is 1. The highest BCUT2D eigenvalue weighted by molar-refractivity contribution is 7.18. The summed E-state index contributed by atoms with van der Waals surface area (Å²) < 4.78 is 13.9. The lowest BCUT2D eigenvalue weighted by molar-refractivity contribution is 0.240. The van der Waals surface area contributed by atoms with E-state index < -0.39 is 0 Å². The van der Waals surface area contributed by atoms with Crippen LogP contribution in [-0.2, 0) is 6.54 Å². The lowest BCUT2D eigenvalue weighted by atomic mass is 10.1. The minimum absolute atomic E-state index is 0.134. The molecular weight excluding hydrogens is 381 g/mol. The van der Waals surface area contributed by atoms with Gasteiger partial charge < -0.3 is 4.98 Å². The van der Waals surface area contributed by atoms with Crippen molar-refractivity contribution in [3.8, 4) is 10.4 Å². The zero-order chi connectivity index (χ0) is 19.0. The molecule has 3 aromatic heterocycles. The SMILES string of the molecule is C[C@@H](c1nc2scc(-c3cccs3)c2c(=O)[nH]1)N(C)Cc1ccccc1F. The number of aromatic nitrogens is 2. The van der Waals surface area contributed by atoms with Gasteiger partial charge in [-0.05, 0) is 31.5 Å². The van der Waals surface area contributed by atoms with Crippen LogP contribution in [0, 0.1) is 5.82 Å². The van der Waals surface area contributed by atoms with Crippen molar-refractivity contribution in [2.45, 2.75) is 19.5 Å². The smallest absolute Gasteiger partial charge is 0.260 e. The molecule has 0 radical (unpaired) electrons. The van der Waals surface area contributed by atoms with E-state index in [0.717, 1.165) is 15.3 Å². The molecule has 7 heteroatoms. The first-order valence-corrected chi connectivity index (χ1v) is 10.3. The Morgan fingerprint density at radius 3 is 2.78 bits per heavy atom. The van der Waals surface area contributed by atoms with E-state index in [-0.39, 0.29) is 17.4 Å². The normalized spacial score (nSPS) is 12.7. The van der Waals surface area contributed by atoms with Crippen molar-refractivity contribution in [1.29, 1.82) is 0 Å². The molecule has 1 atom stereocenters. The molecule has 0 unspecified atom stereocenters. The summed E-state index contributed by atoms with van der Waals surface area (Å²) in [5, 5.41) is 4.61. The first-order chi connectivity index (χ1) is 13.0. The number of halogens is 1. The van der Waals surface area contributed by atoms with Gasteiger partial charge in [-0.3, -0.25) is 9.69 Å². The second-order valence-electron chi connectivity index (χ2n) is 6.44. The van der Waals surface area contributed by atoms with Crippen molar-refractivity contribution < 1.29 is 4.39 Å². The van der Waals surface area contributed by atoms with Crippen molar-refractivity contribution in [2.75, 3.05) is 7.05 Å². The fourth-order valence-electron chi connectivity index (χ4n) is 3.02. The molecule has 0 fully saturated rings. The third-order valence-electron chi connectivity index (χ3n) is 4.68. The number of rotatable bonds is 5. The van der Waals surface area contributed by atoms with E-state index in [1.807, 2.05) is 47.8 Å². The van der Waals surface area contributed by atoms with E-state index in [0.29, 0.717) is 23.3 Å². The molecule has 0 spiro atoms. The third-order valence-corrected chi connectivity index (χ3v) is 6.46. The fraction of sp³-hybridized carbons (Fsp3) is 0.200.